The summed E-state index contributed by atoms with van der Waals surface area (Å²) in [7, 11) is 1.74. The summed E-state index contributed by atoms with van der Waals surface area (Å²) in [5, 5.41) is 22.8. The van der Waals surface area contributed by atoms with E-state index in [9.17, 15) is 4.79 Å². The number of aromatic nitrogens is 4. The largest absolute Gasteiger partial charge is 0.486 e. The molecule has 0 atom stereocenters. The molecule has 8 nitrogen and oxygen atoms in total. The van der Waals surface area contributed by atoms with Crippen LogP contribution < -0.4 is 10.1 Å². The Bertz CT molecular complexity index is 943. The van der Waals surface area contributed by atoms with Crippen molar-refractivity contribution in [2.45, 2.75) is 13.0 Å². The van der Waals surface area contributed by atoms with Gasteiger partial charge in [0.05, 0.1) is 18.1 Å². The monoisotopic (exact) mass is 348 g/mol. The van der Waals surface area contributed by atoms with E-state index in [0.717, 1.165) is 5.56 Å². The Hall–Kier alpha value is -3.73. The second-order valence-electron chi connectivity index (χ2n) is 5.57. The summed E-state index contributed by atoms with van der Waals surface area (Å²) in [6.07, 6.45) is 0.226. The first-order valence-electron chi connectivity index (χ1n) is 7.87. The molecule has 0 aliphatic heterocycles. The highest BCUT2D eigenvalue weighted by Gasteiger charge is 2.06. The zero-order valence-corrected chi connectivity index (χ0v) is 14.1. The van der Waals surface area contributed by atoms with Crippen LogP contribution in [0.2, 0.25) is 0 Å². The van der Waals surface area contributed by atoms with Gasteiger partial charge in [-0.3, -0.25) is 4.79 Å². The van der Waals surface area contributed by atoms with Gasteiger partial charge in [0.15, 0.2) is 5.82 Å². The topological polar surface area (TPSA) is 106 Å². The Morgan fingerprint density at radius 1 is 1.27 bits per heavy atom. The highest BCUT2D eigenvalue weighted by atomic mass is 16.5. The lowest BCUT2D eigenvalue weighted by Crippen LogP contribution is -2.14. The van der Waals surface area contributed by atoms with Crippen LogP contribution in [0.15, 0.2) is 48.5 Å². The average Bonchev–Trinajstić information content (AvgIpc) is 3.06. The summed E-state index contributed by atoms with van der Waals surface area (Å²) in [4.78, 5) is 12.1. The molecular formula is C18H16N6O2. The summed E-state index contributed by atoms with van der Waals surface area (Å²) >= 11 is 0. The number of nitrogens with zero attached hydrogens (tertiary/aromatic N) is 5. The number of benzene rings is 2. The van der Waals surface area contributed by atoms with E-state index in [4.69, 9.17) is 10.00 Å². The Kier molecular flexibility index (Phi) is 5.19. The third kappa shape index (κ3) is 4.42. The Balaban J connectivity index is 1.54. The molecule has 2 aromatic carbocycles. The molecule has 0 fully saturated rings. The van der Waals surface area contributed by atoms with E-state index in [1.807, 2.05) is 18.2 Å². The highest BCUT2D eigenvalue weighted by Crippen LogP contribution is 2.15. The molecule has 3 aromatic rings. The van der Waals surface area contributed by atoms with Gasteiger partial charge in [-0.25, -0.2) is 4.68 Å². The number of carbonyl (C=O) groups is 1. The molecule has 26 heavy (non-hydrogen) atoms. The van der Waals surface area contributed by atoms with Crippen molar-refractivity contribution in [2.24, 2.45) is 7.05 Å². The van der Waals surface area contributed by atoms with Crippen molar-refractivity contribution in [3.63, 3.8) is 0 Å². The maximum Gasteiger partial charge on any atom is 0.228 e. The van der Waals surface area contributed by atoms with E-state index in [0.29, 0.717) is 22.8 Å². The first-order valence-corrected chi connectivity index (χ1v) is 7.87. The SMILES string of the molecule is Cn1nnnc1COc1ccc(CC(=O)Nc2cccc(C#N)c2)cc1. The van der Waals surface area contributed by atoms with E-state index in [1.54, 1.807) is 48.1 Å². The molecule has 0 saturated carbocycles. The maximum atomic E-state index is 12.1. The van der Waals surface area contributed by atoms with Gasteiger partial charge in [-0.05, 0) is 46.3 Å². The third-order valence-corrected chi connectivity index (χ3v) is 3.64. The van der Waals surface area contributed by atoms with E-state index >= 15 is 0 Å². The second-order valence-corrected chi connectivity index (χ2v) is 5.57. The normalized spacial score (nSPS) is 10.2. The third-order valence-electron chi connectivity index (χ3n) is 3.64. The zero-order valence-electron chi connectivity index (χ0n) is 14.1. The number of aryl methyl sites for hydroxylation is 1. The number of amides is 1. The van der Waals surface area contributed by atoms with E-state index in [2.05, 4.69) is 20.8 Å². The summed E-state index contributed by atoms with van der Waals surface area (Å²) in [5.74, 6) is 1.13. The van der Waals surface area contributed by atoms with Gasteiger partial charge in [0.25, 0.3) is 0 Å². The molecule has 1 N–H and O–H groups in total. The molecular weight excluding hydrogens is 332 g/mol. The van der Waals surface area contributed by atoms with Gasteiger partial charge in [0.1, 0.15) is 12.4 Å². The van der Waals surface area contributed by atoms with Gasteiger partial charge in [-0.15, -0.1) is 5.10 Å². The number of ether oxygens (including phenoxy) is 1. The Labute approximate surface area is 150 Å². The molecule has 0 bridgehead atoms. The van der Waals surface area contributed by atoms with Crippen LogP contribution in [-0.4, -0.2) is 26.1 Å². The van der Waals surface area contributed by atoms with Crippen LogP contribution >= 0.6 is 0 Å². The second kappa shape index (κ2) is 7.90. The van der Waals surface area contributed by atoms with Crippen LogP contribution in [0.5, 0.6) is 5.75 Å². The lowest BCUT2D eigenvalue weighted by molar-refractivity contribution is -0.115. The number of hydrogen-bond acceptors (Lipinski definition) is 6. The van der Waals surface area contributed by atoms with Crippen LogP contribution in [0.25, 0.3) is 0 Å². The standard InChI is InChI=1S/C18H16N6O2/c1-24-17(21-22-23-24)12-26-16-7-5-13(6-8-16)10-18(25)20-15-4-2-3-14(9-15)11-19/h2-9H,10,12H2,1H3,(H,20,25). The Morgan fingerprint density at radius 2 is 2.08 bits per heavy atom. The number of tetrazole rings is 1. The smallest absolute Gasteiger partial charge is 0.228 e. The molecule has 1 amide bonds. The fourth-order valence-electron chi connectivity index (χ4n) is 2.28. The number of anilines is 1. The van der Waals surface area contributed by atoms with Gasteiger partial charge < -0.3 is 10.1 Å². The minimum Gasteiger partial charge on any atom is -0.486 e. The van der Waals surface area contributed by atoms with Crippen LogP contribution in [0, 0.1) is 11.3 Å². The van der Waals surface area contributed by atoms with Crippen molar-refractivity contribution in [2.75, 3.05) is 5.32 Å². The van der Waals surface area contributed by atoms with Gasteiger partial charge in [-0.2, -0.15) is 5.26 Å². The molecule has 0 radical (unpaired) electrons. The van der Waals surface area contributed by atoms with E-state index in [1.165, 1.54) is 0 Å². The number of hydrogen-bond donors (Lipinski definition) is 1. The van der Waals surface area contributed by atoms with Crippen LogP contribution in [0.4, 0.5) is 5.69 Å². The predicted octanol–water partition coefficient (Wildman–Crippen LogP) is 1.84. The number of carbonyl (C=O) groups excluding carboxylic acids is 1. The highest BCUT2D eigenvalue weighted by molar-refractivity contribution is 5.92. The molecule has 1 heterocycles. The van der Waals surface area contributed by atoms with E-state index < -0.39 is 0 Å². The fourth-order valence-corrected chi connectivity index (χ4v) is 2.28. The first-order chi connectivity index (χ1) is 12.6. The summed E-state index contributed by atoms with van der Waals surface area (Å²) < 4.78 is 7.16. The number of rotatable bonds is 6. The molecule has 3 rings (SSSR count). The zero-order chi connectivity index (χ0) is 18.4. The predicted molar refractivity (Wildman–Crippen MR) is 93.1 cm³/mol. The molecule has 0 aliphatic carbocycles. The Morgan fingerprint density at radius 3 is 2.77 bits per heavy atom. The molecule has 0 aliphatic rings. The maximum absolute atomic E-state index is 12.1. The number of nitrogens with one attached hydrogen (secondary N) is 1. The molecule has 8 heteroatoms. The summed E-state index contributed by atoms with van der Waals surface area (Å²) in [6, 6.07) is 16.1. The summed E-state index contributed by atoms with van der Waals surface area (Å²) in [6.45, 7) is 0.262. The number of nitriles is 1. The average molecular weight is 348 g/mol. The molecule has 0 unspecified atom stereocenters. The van der Waals surface area contributed by atoms with Crippen molar-refractivity contribution in [1.82, 2.24) is 20.2 Å². The van der Waals surface area contributed by atoms with Crippen molar-refractivity contribution in [3.05, 3.63) is 65.5 Å². The van der Waals surface area contributed by atoms with E-state index in [-0.39, 0.29) is 18.9 Å². The van der Waals surface area contributed by atoms with Gasteiger partial charge >= 0.3 is 0 Å². The fraction of sp³-hybridized carbons (Fsp3) is 0.167. The van der Waals surface area contributed by atoms with Gasteiger partial charge in [0.2, 0.25) is 5.91 Å². The lowest BCUT2D eigenvalue weighted by atomic mass is 10.1. The lowest BCUT2D eigenvalue weighted by Gasteiger charge is -2.07. The minimum absolute atomic E-state index is 0.154. The van der Waals surface area contributed by atoms with Crippen molar-refractivity contribution >= 4 is 11.6 Å². The van der Waals surface area contributed by atoms with Gasteiger partial charge in [0, 0.05) is 12.7 Å². The summed E-state index contributed by atoms with van der Waals surface area (Å²) in [5.41, 5.74) is 1.96. The van der Waals surface area contributed by atoms with Crippen molar-refractivity contribution in [3.8, 4) is 11.8 Å². The minimum atomic E-state index is -0.154. The van der Waals surface area contributed by atoms with Crippen LogP contribution in [0.3, 0.4) is 0 Å². The van der Waals surface area contributed by atoms with Gasteiger partial charge in [-0.1, -0.05) is 18.2 Å². The van der Waals surface area contributed by atoms with Crippen molar-refractivity contribution in [1.29, 1.82) is 5.26 Å². The first kappa shape index (κ1) is 17.1. The molecule has 1 aromatic heterocycles. The molecule has 0 spiro atoms. The van der Waals surface area contributed by atoms with Crippen LogP contribution in [-0.2, 0) is 24.9 Å². The van der Waals surface area contributed by atoms with Crippen molar-refractivity contribution < 1.29 is 9.53 Å². The van der Waals surface area contributed by atoms with Crippen LogP contribution in [0.1, 0.15) is 17.0 Å². The molecule has 0 saturated heterocycles. The molecule has 130 valence electrons. The quantitative estimate of drug-likeness (QED) is 0.728.